The smallest absolute Gasteiger partial charge is 0.257 e. The molecule has 1 amide bonds. The summed E-state index contributed by atoms with van der Waals surface area (Å²) in [6, 6.07) is 8.42. The number of amides is 1. The molecule has 0 saturated carbocycles. The molecule has 1 aromatic heterocycles. The van der Waals surface area contributed by atoms with E-state index in [9.17, 15) is 9.18 Å². The summed E-state index contributed by atoms with van der Waals surface area (Å²) in [5, 5.41) is -0.0111. The largest absolute Gasteiger partial charge is 0.497 e. The van der Waals surface area contributed by atoms with E-state index >= 15 is 0 Å². The van der Waals surface area contributed by atoms with Crippen LogP contribution in [0.15, 0.2) is 36.5 Å². The highest BCUT2D eigenvalue weighted by atomic mass is 35.5. The van der Waals surface area contributed by atoms with Gasteiger partial charge in [0.15, 0.2) is 0 Å². The highest BCUT2D eigenvalue weighted by molar-refractivity contribution is 6.32. The number of methoxy groups -OCH3 is 1. The molecule has 0 unspecified atom stereocenters. The summed E-state index contributed by atoms with van der Waals surface area (Å²) in [6.45, 7) is 0.371. The number of nitrogens with zero attached hydrogens (tertiary/aromatic N) is 2. The molecule has 1 aromatic carbocycles. The molecular formula is C15H14ClFN2O2. The second-order valence-corrected chi connectivity index (χ2v) is 4.86. The molecule has 0 N–H and O–H groups in total. The van der Waals surface area contributed by atoms with E-state index in [1.165, 1.54) is 4.90 Å². The third kappa shape index (κ3) is 3.70. The van der Waals surface area contributed by atoms with Gasteiger partial charge >= 0.3 is 0 Å². The van der Waals surface area contributed by atoms with Crippen molar-refractivity contribution in [3.05, 3.63) is 58.6 Å². The molecular weight excluding hydrogens is 295 g/mol. The van der Waals surface area contributed by atoms with Crippen molar-refractivity contribution in [2.45, 2.75) is 6.54 Å². The quantitative estimate of drug-likeness (QED) is 0.815. The van der Waals surface area contributed by atoms with E-state index in [0.29, 0.717) is 6.54 Å². The maximum Gasteiger partial charge on any atom is 0.257 e. The number of ether oxygens (including phenoxy) is 1. The summed E-state index contributed by atoms with van der Waals surface area (Å²) in [5.41, 5.74) is 0.972. The number of halogens is 2. The van der Waals surface area contributed by atoms with Crippen LogP contribution in [0, 0.1) is 5.82 Å². The average molecular weight is 309 g/mol. The predicted molar refractivity (Wildman–Crippen MR) is 78.0 cm³/mol. The molecule has 2 aromatic rings. The van der Waals surface area contributed by atoms with Gasteiger partial charge in [0.25, 0.3) is 5.91 Å². The normalized spacial score (nSPS) is 10.3. The Balaban J connectivity index is 2.13. The average Bonchev–Trinajstić information content (AvgIpc) is 2.49. The molecule has 0 atom stereocenters. The maximum atomic E-state index is 13.2. The van der Waals surface area contributed by atoms with Crippen molar-refractivity contribution >= 4 is 17.5 Å². The molecule has 4 nitrogen and oxygen atoms in total. The monoisotopic (exact) mass is 308 g/mol. The van der Waals surface area contributed by atoms with Crippen LogP contribution in [0.25, 0.3) is 0 Å². The fourth-order valence-electron chi connectivity index (χ4n) is 1.85. The van der Waals surface area contributed by atoms with E-state index in [1.54, 1.807) is 14.2 Å². The molecule has 0 saturated heterocycles. The molecule has 2 rings (SSSR count). The molecule has 1 heterocycles. The summed E-state index contributed by atoms with van der Waals surface area (Å²) in [6.07, 6.45) is 0.975. The van der Waals surface area contributed by atoms with Crippen molar-refractivity contribution in [2.75, 3.05) is 14.2 Å². The third-order valence-corrected chi connectivity index (χ3v) is 3.26. The number of benzene rings is 1. The summed E-state index contributed by atoms with van der Waals surface area (Å²) < 4.78 is 18.2. The van der Waals surface area contributed by atoms with Crippen LogP contribution in [-0.2, 0) is 6.54 Å². The Kier molecular flexibility index (Phi) is 4.75. The first kappa shape index (κ1) is 15.3. The van der Waals surface area contributed by atoms with Gasteiger partial charge in [0.1, 0.15) is 16.7 Å². The molecule has 0 fully saturated rings. The minimum atomic E-state index is -0.597. The fraction of sp³-hybridized carbons (Fsp3) is 0.200. The van der Waals surface area contributed by atoms with Crippen LogP contribution < -0.4 is 4.74 Å². The molecule has 110 valence electrons. The lowest BCUT2D eigenvalue weighted by Crippen LogP contribution is -2.26. The first-order valence-electron chi connectivity index (χ1n) is 6.20. The predicted octanol–water partition coefficient (Wildman–Crippen LogP) is 3.15. The molecule has 0 bridgehead atoms. The molecule has 0 aliphatic heterocycles. The highest BCUT2D eigenvalue weighted by Gasteiger charge is 2.17. The molecule has 0 radical (unpaired) electrons. The van der Waals surface area contributed by atoms with Crippen LogP contribution in [0.1, 0.15) is 15.9 Å². The van der Waals surface area contributed by atoms with Crippen LogP contribution in [0.3, 0.4) is 0 Å². The zero-order valence-corrected chi connectivity index (χ0v) is 12.4. The maximum absolute atomic E-state index is 13.2. The Hall–Kier alpha value is -2.14. The van der Waals surface area contributed by atoms with Gasteiger partial charge in [-0.2, -0.15) is 0 Å². The summed E-state index contributed by atoms with van der Waals surface area (Å²) >= 11 is 5.84. The van der Waals surface area contributed by atoms with Gasteiger partial charge in [-0.1, -0.05) is 23.7 Å². The van der Waals surface area contributed by atoms with Gasteiger partial charge in [0, 0.05) is 13.6 Å². The highest BCUT2D eigenvalue weighted by Crippen LogP contribution is 2.18. The lowest BCUT2D eigenvalue weighted by Gasteiger charge is -2.18. The van der Waals surface area contributed by atoms with E-state index in [0.717, 1.165) is 23.6 Å². The molecule has 21 heavy (non-hydrogen) atoms. The van der Waals surface area contributed by atoms with Crippen LogP contribution in [0.4, 0.5) is 4.39 Å². The number of carbonyl (C=O) groups is 1. The first-order chi connectivity index (χ1) is 10.0. The van der Waals surface area contributed by atoms with Crippen molar-refractivity contribution in [3.8, 4) is 5.75 Å². The third-order valence-electron chi connectivity index (χ3n) is 2.96. The fourth-order valence-corrected chi connectivity index (χ4v) is 2.04. The van der Waals surface area contributed by atoms with Gasteiger partial charge in [-0.25, -0.2) is 9.37 Å². The van der Waals surface area contributed by atoms with E-state index < -0.39 is 5.82 Å². The Labute approximate surface area is 127 Å². The lowest BCUT2D eigenvalue weighted by molar-refractivity contribution is 0.0784. The van der Waals surface area contributed by atoms with Crippen molar-refractivity contribution < 1.29 is 13.9 Å². The van der Waals surface area contributed by atoms with E-state index in [-0.39, 0.29) is 16.6 Å². The van der Waals surface area contributed by atoms with Crippen molar-refractivity contribution in [2.24, 2.45) is 0 Å². The van der Waals surface area contributed by atoms with Gasteiger partial charge < -0.3 is 9.64 Å². The number of aromatic nitrogens is 1. The zero-order valence-electron chi connectivity index (χ0n) is 11.6. The lowest BCUT2D eigenvalue weighted by atomic mass is 10.2. The summed E-state index contributed by atoms with van der Waals surface area (Å²) in [4.78, 5) is 17.3. The van der Waals surface area contributed by atoms with E-state index in [2.05, 4.69) is 4.98 Å². The number of hydrogen-bond donors (Lipinski definition) is 0. The molecule has 0 aliphatic rings. The second-order valence-electron chi connectivity index (χ2n) is 4.50. The minimum absolute atomic E-state index is 0.0111. The topological polar surface area (TPSA) is 42.4 Å². The summed E-state index contributed by atoms with van der Waals surface area (Å²) in [5.74, 6) is -0.242. The van der Waals surface area contributed by atoms with Crippen molar-refractivity contribution in [3.63, 3.8) is 0 Å². The minimum Gasteiger partial charge on any atom is -0.497 e. The standard InChI is InChI=1S/C15H14ClFN2O2/c1-19(9-10-3-5-12(21-2)6-4-10)15(20)13-7-11(17)8-18-14(13)16/h3-8H,9H2,1-2H3. The van der Waals surface area contributed by atoms with E-state index in [1.807, 2.05) is 24.3 Å². The first-order valence-corrected chi connectivity index (χ1v) is 6.58. The van der Waals surface area contributed by atoms with Crippen LogP contribution in [0.5, 0.6) is 5.75 Å². The van der Waals surface area contributed by atoms with E-state index in [4.69, 9.17) is 16.3 Å². The van der Waals surface area contributed by atoms with Crippen LogP contribution in [-0.4, -0.2) is 29.9 Å². The van der Waals surface area contributed by atoms with Gasteiger partial charge in [0.05, 0.1) is 18.9 Å². The summed E-state index contributed by atoms with van der Waals surface area (Å²) in [7, 11) is 3.21. The Bertz CT molecular complexity index is 647. The molecule has 0 aliphatic carbocycles. The Morgan fingerprint density at radius 2 is 2.05 bits per heavy atom. The number of carbonyl (C=O) groups excluding carboxylic acids is 1. The Morgan fingerprint density at radius 3 is 2.67 bits per heavy atom. The number of hydrogen-bond acceptors (Lipinski definition) is 3. The second kappa shape index (κ2) is 6.54. The van der Waals surface area contributed by atoms with Gasteiger partial charge in [0.2, 0.25) is 0 Å². The van der Waals surface area contributed by atoms with Crippen LogP contribution in [0.2, 0.25) is 5.15 Å². The van der Waals surface area contributed by atoms with Gasteiger partial charge in [-0.05, 0) is 23.8 Å². The van der Waals surface area contributed by atoms with Crippen molar-refractivity contribution in [1.82, 2.24) is 9.88 Å². The van der Waals surface area contributed by atoms with Crippen molar-refractivity contribution in [1.29, 1.82) is 0 Å². The van der Waals surface area contributed by atoms with Gasteiger partial charge in [-0.15, -0.1) is 0 Å². The number of pyridine rings is 1. The molecule has 6 heteroatoms. The SMILES string of the molecule is COc1ccc(CN(C)C(=O)c2cc(F)cnc2Cl)cc1. The zero-order chi connectivity index (χ0) is 15.4. The van der Waals surface area contributed by atoms with Gasteiger partial charge in [-0.3, -0.25) is 4.79 Å². The Morgan fingerprint density at radius 1 is 1.38 bits per heavy atom. The number of rotatable bonds is 4. The van der Waals surface area contributed by atoms with Crippen LogP contribution >= 0.6 is 11.6 Å². The molecule has 0 spiro atoms.